The molecule has 0 aromatic carbocycles. The van der Waals surface area contributed by atoms with E-state index in [2.05, 4.69) is 9.97 Å². The van der Waals surface area contributed by atoms with Gasteiger partial charge in [-0.15, -0.1) is 0 Å². The summed E-state index contributed by atoms with van der Waals surface area (Å²) in [5.74, 6) is 0.737. The van der Waals surface area contributed by atoms with Gasteiger partial charge in [-0.3, -0.25) is 0 Å². The maximum absolute atomic E-state index is 10.9. The SMILES string of the molecule is Nc1cc(-c2ccco2)[nH]c(=O)n1. The number of furan rings is 1. The highest BCUT2D eigenvalue weighted by molar-refractivity contribution is 5.54. The van der Waals surface area contributed by atoms with Crippen LogP contribution in [0.3, 0.4) is 0 Å². The zero-order chi connectivity index (χ0) is 9.26. The largest absolute Gasteiger partial charge is 0.463 e. The van der Waals surface area contributed by atoms with Gasteiger partial charge >= 0.3 is 5.69 Å². The predicted octanol–water partition coefficient (Wildman–Crippen LogP) is 0.612. The van der Waals surface area contributed by atoms with Gasteiger partial charge in [0.2, 0.25) is 0 Å². The summed E-state index contributed by atoms with van der Waals surface area (Å²) in [7, 11) is 0. The van der Waals surface area contributed by atoms with Crippen LogP contribution in [0.1, 0.15) is 0 Å². The number of nitrogens with one attached hydrogen (secondary N) is 1. The molecule has 2 rings (SSSR count). The Morgan fingerprint density at radius 3 is 3.00 bits per heavy atom. The maximum atomic E-state index is 10.9. The van der Waals surface area contributed by atoms with Crippen LogP contribution in [0.4, 0.5) is 5.82 Å². The van der Waals surface area contributed by atoms with E-state index >= 15 is 0 Å². The molecule has 0 amide bonds. The summed E-state index contributed by atoms with van der Waals surface area (Å²) in [6.07, 6.45) is 1.52. The van der Waals surface area contributed by atoms with Crippen molar-refractivity contribution in [2.75, 3.05) is 5.73 Å². The third-order valence-corrected chi connectivity index (χ3v) is 1.55. The normalized spacial score (nSPS) is 10.2. The first kappa shape index (κ1) is 7.60. The Labute approximate surface area is 73.2 Å². The van der Waals surface area contributed by atoms with Gasteiger partial charge in [0.05, 0.1) is 12.0 Å². The molecule has 66 valence electrons. The summed E-state index contributed by atoms with van der Waals surface area (Å²) in [6, 6.07) is 5.00. The van der Waals surface area contributed by atoms with Crippen LogP contribution in [0.2, 0.25) is 0 Å². The summed E-state index contributed by atoms with van der Waals surface area (Å²) in [5.41, 5.74) is 5.44. The predicted molar refractivity (Wildman–Crippen MR) is 47.0 cm³/mol. The average Bonchev–Trinajstić information content (AvgIpc) is 2.53. The van der Waals surface area contributed by atoms with Crippen molar-refractivity contribution >= 4 is 5.82 Å². The molecule has 5 heteroatoms. The van der Waals surface area contributed by atoms with E-state index in [1.165, 1.54) is 6.26 Å². The van der Waals surface area contributed by atoms with E-state index in [0.29, 0.717) is 11.5 Å². The van der Waals surface area contributed by atoms with Gasteiger partial charge in [-0.25, -0.2) is 4.79 Å². The van der Waals surface area contributed by atoms with E-state index in [0.717, 1.165) is 0 Å². The first-order chi connectivity index (χ1) is 6.25. The summed E-state index contributed by atoms with van der Waals surface area (Å²) in [6.45, 7) is 0. The van der Waals surface area contributed by atoms with E-state index in [4.69, 9.17) is 10.2 Å². The van der Waals surface area contributed by atoms with Crippen molar-refractivity contribution in [3.05, 3.63) is 34.9 Å². The van der Waals surface area contributed by atoms with Crippen LogP contribution >= 0.6 is 0 Å². The molecule has 3 N–H and O–H groups in total. The quantitative estimate of drug-likeness (QED) is 0.668. The molecule has 0 aliphatic carbocycles. The monoisotopic (exact) mass is 177 g/mol. The molecule has 0 atom stereocenters. The molecule has 0 unspecified atom stereocenters. The third kappa shape index (κ3) is 1.44. The lowest BCUT2D eigenvalue weighted by Gasteiger charge is -1.96. The van der Waals surface area contributed by atoms with Crippen molar-refractivity contribution in [1.29, 1.82) is 0 Å². The third-order valence-electron chi connectivity index (χ3n) is 1.55. The Hall–Kier alpha value is -2.04. The standard InChI is InChI=1S/C8H7N3O2/c9-7-4-5(10-8(12)11-7)6-2-1-3-13-6/h1-4H,(H3,9,10,11,12). The number of H-pyrrole nitrogens is 1. The molecule has 0 saturated carbocycles. The minimum atomic E-state index is -0.480. The lowest BCUT2D eigenvalue weighted by Crippen LogP contribution is -2.12. The van der Waals surface area contributed by atoms with Gasteiger partial charge in [-0.1, -0.05) is 0 Å². The number of aromatic nitrogens is 2. The zero-order valence-corrected chi connectivity index (χ0v) is 6.65. The van der Waals surface area contributed by atoms with Gasteiger partial charge in [0, 0.05) is 6.07 Å². The minimum absolute atomic E-state index is 0.176. The molecule has 0 aliphatic rings. The van der Waals surface area contributed by atoms with Crippen molar-refractivity contribution < 1.29 is 4.42 Å². The minimum Gasteiger partial charge on any atom is -0.463 e. The highest BCUT2D eigenvalue weighted by Crippen LogP contribution is 2.16. The van der Waals surface area contributed by atoms with Crippen molar-refractivity contribution in [3.8, 4) is 11.5 Å². The second-order valence-electron chi connectivity index (χ2n) is 2.50. The first-order valence-corrected chi connectivity index (χ1v) is 3.66. The number of nitrogens with zero attached hydrogens (tertiary/aromatic N) is 1. The molecule has 2 heterocycles. The van der Waals surface area contributed by atoms with Crippen molar-refractivity contribution in [1.82, 2.24) is 9.97 Å². The molecule has 2 aromatic rings. The van der Waals surface area contributed by atoms with E-state index in [9.17, 15) is 4.79 Å². The van der Waals surface area contributed by atoms with E-state index in [-0.39, 0.29) is 5.82 Å². The van der Waals surface area contributed by atoms with Crippen LogP contribution < -0.4 is 11.4 Å². The molecule has 13 heavy (non-hydrogen) atoms. The molecular weight excluding hydrogens is 170 g/mol. The fraction of sp³-hybridized carbons (Fsp3) is 0. The molecular formula is C8H7N3O2. The molecule has 0 aliphatic heterocycles. The highest BCUT2D eigenvalue weighted by Gasteiger charge is 2.02. The summed E-state index contributed by atoms with van der Waals surface area (Å²) >= 11 is 0. The number of hydrogen-bond donors (Lipinski definition) is 2. The molecule has 0 fully saturated rings. The molecule has 0 radical (unpaired) electrons. The molecule has 2 aromatic heterocycles. The Kier molecular flexibility index (Phi) is 1.63. The van der Waals surface area contributed by atoms with Crippen LogP contribution in [-0.2, 0) is 0 Å². The first-order valence-electron chi connectivity index (χ1n) is 3.66. The summed E-state index contributed by atoms with van der Waals surface area (Å²) in [5, 5.41) is 0. The van der Waals surface area contributed by atoms with Crippen LogP contribution in [0.25, 0.3) is 11.5 Å². The fourth-order valence-electron chi connectivity index (χ4n) is 1.04. The smallest absolute Gasteiger partial charge is 0.347 e. The van der Waals surface area contributed by atoms with Crippen LogP contribution in [-0.4, -0.2) is 9.97 Å². The number of nitrogen functional groups attached to an aromatic ring is 1. The van der Waals surface area contributed by atoms with Crippen molar-refractivity contribution in [3.63, 3.8) is 0 Å². The second-order valence-corrected chi connectivity index (χ2v) is 2.50. The van der Waals surface area contributed by atoms with Crippen molar-refractivity contribution in [2.24, 2.45) is 0 Å². The topological polar surface area (TPSA) is 84.9 Å². The Morgan fingerprint density at radius 1 is 1.54 bits per heavy atom. The van der Waals surface area contributed by atoms with Gasteiger partial charge < -0.3 is 15.1 Å². The van der Waals surface area contributed by atoms with Crippen LogP contribution in [0.15, 0.2) is 33.7 Å². The lowest BCUT2D eigenvalue weighted by atomic mass is 10.3. The Morgan fingerprint density at radius 2 is 2.38 bits per heavy atom. The van der Waals surface area contributed by atoms with Gasteiger partial charge in [0.15, 0.2) is 0 Å². The van der Waals surface area contributed by atoms with E-state index in [1.54, 1.807) is 18.2 Å². The number of nitrogens with two attached hydrogens (primary N) is 1. The maximum Gasteiger partial charge on any atom is 0.347 e. The molecule has 0 bridgehead atoms. The van der Waals surface area contributed by atoms with Gasteiger partial charge in [0.25, 0.3) is 0 Å². The Bertz CT molecular complexity index is 458. The van der Waals surface area contributed by atoms with Crippen LogP contribution in [0.5, 0.6) is 0 Å². The van der Waals surface area contributed by atoms with E-state index in [1.807, 2.05) is 0 Å². The molecule has 0 saturated heterocycles. The van der Waals surface area contributed by atoms with Gasteiger partial charge in [0.1, 0.15) is 11.6 Å². The Balaban J connectivity index is 2.59. The van der Waals surface area contributed by atoms with Gasteiger partial charge in [-0.2, -0.15) is 4.98 Å². The number of rotatable bonds is 1. The number of aromatic amines is 1. The summed E-state index contributed by atoms with van der Waals surface area (Å²) < 4.78 is 5.08. The van der Waals surface area contributed by atoms with E-state index < -0.39 is 5.69 Å². The fourth-order valence-corrected chi connectivity index (χ4v) is 1.04. The molecule has 5 nitrogen and oxygen atoms in total. The molecule has 0 spiro atoms. The lowest BCUT2D eigenvalue weighted by molar-refractivity contribution is 0.579. The second kappa shape index (κ2) is 2.78. The van der Waals surface area contributed by atoms with Crippen molar-refractivity contribution in [2.45, 2.75) is 0 Å². The summed E-state index contributed by atoms with van der Waals surface area (Å²) in [4.78, 5) is 16.9. The zero-order valence-electron chi connectivity index (χ0n) is 6.65. The number of hydrogen-bond acceptors (Lipinski definition) is 4. The highest BCUT2D eigenvalue weighted by atomic mass is 16.3. The number of anilines is 1. The van der Waals surface area contributed by atoms with Gasteiger partial charge in [-0.05, 0) is 12.1 Å². The average molecular weight is 177 g/mol. The van der Waals surface area contributed by atoms with Crippen LogP contribution in [0, 0.1) is 0 Å².